The van der Waals surface area contributed by atoms with Gasteiger partial charge in [0, 0.05) is 30.1 Å². The van der Waals surface area contributed by atoms with Gasteiger partial charge in [-0.1, -0.05) is 43.2 Å². The molecule has 1 saturated carbocycles. The number of benzene rings is 2. The number of nitrogens with zero attached hydrogens (tertiary/aromatic N) is 2. The van der Waals surface area contributed by atoms with Gasteiger partial charge in [0.2, 0.25) is 11.8 Å². The number of esters is 1. The Labute approximate surface area is 287 Å². The van der Waals surface area contributed by atoms with Gasteiger partial charge < -0.3 is 25.0 Å². The first-order chi connectivity index (χ1) is 23.9. The standard InChI is InChI=1S/C36H40F4N4O6/c1-2-49-33(47)35-18-24(35)11-6-4-3-5-7-15-29(41-25-13-9-12-23(16-25)36(38,39)40)32(46)44-20-26(17-30(44)31(45)42-35)50-34(48)43-19-22-10-8-14-28(37)27(22)21-43/h6,8-14,16,24,26,29-30,41H,2-5,7,15,17-21H2,1H3,(H,42,45)/t24-,26-,29+,30+,35-/m1/s1. The van der Waals surface area contributed by atoms with Crippen LogP contribution in [0.3, 0.4) is 0 Å². The maximum Gasteiger partial charge on any atom is 0.416 e. The average molecular weight is 701 g/mol. The van der Waals surface area contributed by atoms with Crippen molar-refractivity contribution in [3.05, 3.63) is 77.1 Å². The molecule has 50 heavy (non-hydrogen) atoms. The highest BCUT2D eigenvalue weighted by molar-refractivity contribution is 5.96. The van der Waals surface area contributed by atoms with Crippen LogP contribution in [0.25, 0.3) is 0 Å². The van der Waals surface area contributed by atoms with E-state index in [2.05, 4.69) is 10.6 Å². The molecule has 2 fully saturated rings. The fourth-order valence-electron chi connectivity index (χ4n) is 7.11. The Kier molecular flexibility index (Phi) is 10.1. The summed E-state index contributed by atoms with van der Waals surface area (Å²) in [6.07, 6.45) is 0.869. The van der Waals surface area contributed by atoms with Crippen molar-refractivity contribution >= 4 is 29.6 Å². The highest BCUT2D eigenvalue weighted by Gasteiger charge is 2.62. The van der Waals surface area contributed by atoms with E-state index in [4.69, 9.17) is 9.47 Å². The molecule has 2 aromatic carbocycles. The van der Waals surface area contributed by atoms with Crippen molar-refractivity contribution in [1.29, 1.82) is 0 Å². The summed E-state index contributed by atoms with van der Waals surface area (Å²) in [4.78, 5) is 57.4. The van der Waals surface area contributed by atoms with Crippen LogP contribution in [-0.2, 0) is 43.1 Å². The third kappa shape index (κ3) is 7.43. The molecule has 0 spiro atoms. The molecule has 2 N–H and O–H groups in total. The number of fused-ring (bicyclic) bond motifs is 3. The van der Waals surface area contributed by atoms with E-state index in [0.717, 1.165) is 25.0 Å². The number of anilines is 1. The van der Waals surface area contributed by atoms with Crippen molar-refractivity contribution in [3.63, 3.8) is 0 Å². The Morgan fingerprint density at radius 3 is 2.64 bits per heavy atom. The van der Waals surface area contributed by atoms with Gasteiger partial charge in [-0.05, 0) is 62.4 Å². The van der Waals surface area contributed by atoms with Crippen LogP contribution >= 0.6 is 0 Å². The van der Waals surface area contributed by atoms with Crippen molar-refractivity contribution in [2.45, 2.75) is 94.9 Å². The zero-order chi connectivity index (χ0) is 35.6. The Morgan fingerprint density at radius 1 is 1.08 bits per heavy atom. The second-order valence-corrected chi connectivity index (χ2v) is 13.3. The second-order valence-electron chi connectivity index (χ2n) is 13.3. The van der Waals surface area contributed by atoms with Crippen molar-refractivity contribution in [2.75, 3.05) is 18.5 Å². The summed E-state index contributed by atoms with van der Waals surface area (Å²) >= 11 is 0. The summed E-state index contributed by atoms with van der Waals surface area (Å²) in [5, 5.41) is 5.83. The number of rotatable bonds is 5. The van der Waals surface area contributed by atoms with E-state index in [1.807, 2.05) is 12.2 Å². The first-order valence-corrected chi connectivity index (χ1v) is 17.0. The number of alkyl halides is 3. The number of halogens is 4. The normalized spacial score (nSPS) is 26.9. The van der Waals surface area contributed by atoms with Crippen molar-refractivity contribution in [3.8, 4) is 0 Å². The number of hydrogen-bond donors (Lipinski definition) is 2. The minimum atomic E-state index is -4.59. The molecule has 6 rings (SSSR count). The largest absolute Gasteiger partial charge is 0.464 e. The molecule has 10 nitrogen and oxygen atoms in total. The van der Waals surface area contributed by atoms with E-state index in [-0.39, 0.29) is 50.7 Å². The van der Waals surface area contributed by atoms with E-state index >= 15 is 0 Å². The fraction of sp³-hybridized carbons (Fsp3) is 0.500. The lowest BCUT2D eigenvalue weighted by molar-refractivity contribution is -0.150. The molecule has 268 valence electrons. The molecular formula is C36H40F4N4O6. The Hall–Kier alpha value is -4.62. The number of carbonyl (C=O) groups is 4. The lowest BCUT2D eigenvalue weighted by Crippen LogP contribution is -2.55. The predicted octanol–water partition coefficient (Wildman–Crippen LogP) is 5.71. The summed E-state index contributed by atoms with van der Waals surface area (Å²) in [6, 6.07) is 6.98. The molecule has 5 atom stereocenters. The summed E-state index contributed by atoms with van der Waals surface area (Å²) in [5.74, 6) is -2.51. The quantitative estimate of drug-likeness (QED) is 0.233. The zero-order valence-corrected chi connectivity index (χ0v) is 27.6. The number of ether oxygens (including phenoxy) is 2. The molecule has 3 amide bonds. The number of hydrogen-bond acceptors (Lipinski definition) is 7. The molecule has 0 aromatic heterocycles. The summed E-state index contributed by atoms with van der Waals surface area (Å²) in [7, 11) is 0. The van der Waals surface area contributed by atoms with Crippen LogP contribution in [0.4, 0.5) is 28.0 Å². The zero-order valence-electron chi connectivity index (χ0n) is 27.6. The van der Waals surface area contributed by atoms with Crippen molar-refractivity contribution in [2.24, 2.45) is 5.92 Å². The average Bonchev–Trinajstić information content (AvgIpc) is 3.38. The van der Waals surface area contributed by atoms with Gasteiger partial charge in [-0.3, -0.25) is 14.5 Å². The van der Waals surface area contributed by atoms with E-state index in [9.17, 15) is 36.7 Å². The SMILES string of the molecule is CCOC(=O)[C@@]12C[C@H]1C=CCCCCC[C@H](Nc1cccc(C(F)(F)F)c1)C(=O)N1C[C@H](OC(=O)N3Cc4cccc(F)c4C3)C[C@H]1C(=O)N2. The van der Waals surface area contributed by atoms with Crippen LogP contribution in [0, 0.1) is 11.7 Å². The first kappa shape index (κ1) is 35.2. The van der Waals surface area contributed by atoms with Gasteiger partial charge in [0.05, 0.1) is 25.3 Å². The first-order valence-electron chi connectivity index (χ1n) is 17.0. The van der Waals surface area contributed by atoms with Gasteiger partial charge in [-0.25, -0.2) is 14.0 Å². The molecule has 3 heterocycles. The molecule has 0 bridgehead atoms. The molecular weight excluding hydrogens is 660 g/mol. The minimum Gasteiger partial charge on any atom is -0.464 e. The molecule has 14 heteroatoms. The number of amides is 3. The maximum atomic E-state index is 14.4. The third-order valence-electron chi connectivity index (χ3n) is 9.86. The highest BCUT2D eigenvalue weighted by atomic mass is 19.4. The number of nitrogens with one attached hydrogen (secondary N) is 2. The Morgan fingerprint density at radius 2 is 1.88 bits per heavy atom. The van der Waals surface area contributed by atoms with E-state index in [0.29, 0.717) is 30.4 Å². The van der Waals surface area contributed by atoms with Crippen molar-refractivity contribution < 1.29 is 46.2 Å². The molecule has 2 aromatic rings. The smallest absolute Gasteiger partial charge is 0.416 e. The van der Waals surface area contributed by atoms with Gasteiger partial charge in [-0.15, -0.1) is 0 Å². The van der Waals surface area contributed by atoms with Crippen LogP contribution < -0.4 is 10.6 Å². The van der Waals surface area contributed by atoms with Gasteiger partial charge >= 0.3 is 18.2 Å². The van der Waals surface area contributed by atoms with Gasteiger partial charge in [0.1, 0.15) is 29.5 Å². The maximum absolute atomic E-state index is 14.4. The summed E-state index contributed by atoms with van der Waals surface area (Å²) in [6.45, 7) is 1.73. The van der Waals surface area contributed by atoms with Gasteiger partial charge in [0.25, 0.3) is 0 Å². The molecule has 3 aliphatic heterocycles. The van der Waals surface area contributed by atoms with Crippen molar-refractivity contribution in [1.82, 2.24) is 15.1 Å². The fourth-order valence-corrected chi connectivity index (χ4v) is 7.11. The summed E-state index contributed by atoms with van der Waals surface area (Å²) in [5.41, 5.74) is -1.06. The van der Waals surface area contributed by atoms with Crippen LogP contribution in [0.5, 0.6) is 0 Å². The monoisotopic (exact) mass is 700 g/mol. The van der Waals surface area contributed by atoms with E-state index < -0.39 is 65.2 Å². The lowest BCUT2D eigenvalue weighted by Gasteiger charge is -2.30. The molecule has 1 saturated heterocycles. The molecule has 4 aliphatic rings. The second kappa shape index (κ2) is 14.3. The van der Waals surface area contributed by atoms with E-state index in [1.54, 1.807) is 19.1 Å². The van der Waals surface area contributed by atoms with Crippen LogP contribution in [0.2, 0.25) is 0 Å². The third-order valence-corrected chi connectivity index (χ3v) is 9.86. The highest BCUT2D eigenvalue weighted by Crippen LogP contribution is 2.46. The van der Waals surface area contributed by atoms with Gasteiger partial charge in [-0.2, -0.15) is 13.2 Å². The number of allylic oxidation sites excluding steroid dienone is 1. The predicted molar refractivity (Wildman–Crippen MR) is 173 cm³/mol. The Bertz CT molecular complexity index is 1670. The van der Waals surface area contributed by atoms with Crippen LogP contribution in [0.1, 0.15) is 68.6 Å². The van der Waals surface area contributed by atoms with Gasteiger partial charge in [0.15, 0.2) is 0 Å². The Balaban J connectivity index is 1.27. The lowest BCUT2D eigenvalue weighted by atomic mass is 10.0. The molecule has 0 radical (unpaired) electrons. The minimum absolute atomic E-state index is 0.0000689. The van der Waals surface area contributed by atoms with Crippen LogP contribution in [-0.4, -0.2) is 70.6 Å². The van der Waals surface area contributed by atoms with E-state index in [1.165, 1.54) is 28.0 Å². The van der Waals surface area contributed by atoms with Crippen LogP contribution in [0.15, 0.2) is 54.6 Å². The topological polar surface area (TPSA) is 117 Å². The number of carbonyl (C=O) groups excluding carboxylic acids is 4. The molecule has 0 unspecified atom stereocenters. The molecule has 1 aliphatic carbocycles. The summed E-state index contributed by atoms with van der Waals surface area (Å²) < 4.78 is 66.1.